The van der Waals surface area contributed by atoms with E-state index in [0.717, 1.165) is 16.1 Å². The van der Waals surface area contributed by atoms with E-state index >= 15 is 0 Å². The molecule has 0 aliphatic heterocycles. The third-order valence-electron chi connectivity index (χ3n) is 3.21. The van der Waals surface area contributed by atoms with Crippen LogP contribution in [0, 0.1) is 0 Å². The Balaban J connectivity index is 1.71. The van der Waals surface area contributed by atoms with Gasteiger partial charge in [0.1, 0.15) is 16.1 Å². The van der Waals surface area contributed by atoms with E-state index in [9.17, 15) is 4.79 Å². The second-order valence-corrected chi connectivity index (χ2v) is 5.80. The minimum Gasteiger partial charge on any atom is -0.316 e. The fourth-order valence-corrected chi connectivity index (χ4v) is 2.88. The Morgan fingerprint density at radius 2 is 1.68 bits per heavy atom. The molecule has 0 radical (unpaired) electrons. The van der Waals surface area contributed by atoms with Crippen LogP contribution < -0.4 is 11.1 Å². The first-order valence-electron chi connectivity index (χ1n) is 6.86. The number of hydrogen-bond donors (Lipinski definition) is 2. The van der Waals surface area contributed by atoms with Crippen LogP contribution in [0.3, 0.4) is 0 Å². The minimum absolute atomic E-state index is 0.241. The molecule has 1 aromatic heterocycles. The summed E-state index contributed by atoms with van der Waals surface area (Å²) in [6, 6.07) is 18.5. The normalized spacial score (nSPS) is 11.9. The summed E-state index contributed by atoms with van der Waals surface area (Å²) < 4.78 is 0. The molecule has 0 fully saturated rings. The summed E-state index contributed by atoms with van der Waals surface area (Å²) in [5, 5.41) is 4.38. The highest BCUT2D eigenvalue weighted by Crippen LogP contribution is 2.28. The fourth-order valence-electron chi connectivity index (χ4n) is 2.06. The molecule has 1 amide bonds. The number of benzene rings is 2. The van der Waals surface area contributed by atoms with Crippen molar-refractivity contribution in [1.29, 1.82) is 0 Å². The summed E-state index contributed by atoms with van der Waals surface area (Å²) in [5.41, 5.74) is 7.79. The first-order chi connectivity index (χ1) is 10.7. The second-order valence-electron chi connectivity index (χ2n) is 4.77. The van der Waals surface area contributed by atoms with E-state index in [2.05, 4.69) is 10.3 Å². The average Bonchev–Trinajstić information content (AvgIpc) is 3.04. The van der Waals surface area contributed by atoms with Gasteiger partial charge < -0.3 is 11.1 Å². The van der Waals surface area contributed by atoms with E-state index < -0.39 is 6.04 Å². The molecule has 0 saturated heterocycles. The molecule has 0 aliphatic rings. The molecule has 4 nitrogen and oxygen atoms in total. The van der Waals surface area contributed by atoms with E-state index in [4.69, 9.17) is 5.73 Å². The van der Waals surface area contributed by atoms with Gasteiger partial charge in [0, 0.05) is 5.56 Å². The van der Waals surface area contributed by atoms with E-state index in [-0.39, 0.29) is 5.91 Å². The molecule has 3 rings (SSSR count). The number of thiazole rings is 1. The molecule has 0 saturated carbocycles. The van der Waals surface area contributed by atoms with Gasteiger partial charge in [-0.25, -0.2) is 4.98 Å². The Bertz CT molecular complexity index is 756. The van der Waals surface area contributed by atoms with Gasteiger partial charge in [-0.2, -0.15) is 0 Å². The Kier molecular flexibility index (Phi) is 4.27. The predicted molar refractivity (Wildman–Crippen MR) is 89.6 cm³/mol. The molecule has 5 heteroatoms. The molecule has 3 N–H and O–H groups in total. The number of carbonyl (C=O) groups is 1. The van der Waals surface area contributed by atoms with Crippen molar-refractivity contribution in [2.75, 3.05) is 5.32 Å². The molecule has 1 heterocycles. The number of aromatic nitrogens is 1. The number of amides is 1. The summed E-state index contributed by atoms with van der Waals surface area (Å²) in [6.07, 6.45) is 1.66. The lowest BCUT2D eigenvalue weighted by Gasteiger charge is -2.10. The van der Waals surface area contributed by atoms with Crippen LogP contribution in [-0.2, 0) is 4.79 Å². The number of nitrogens with zero attached hydrogens (tertiary/aromatic N) is 1. The van der Waals surface area contributed by atoms with Gasteiger partial charge in [0.05, 0.1) is 6.20 Å². The molecule has 1 atom stereocenters. The molecular weight excluding hydrogens is 294 g/mol. The monoisotopic (exact) mass is 309 g/mol. The zero-order valence-electron chi connectivity index (χ0n) is 11.8. The lowest BCUT2D eigenvalue weighted by Crippen LogP contribution is -2.27. The molecule has 0 bridgehead atoms. The first kappa shape index (κ1) is 14.4. The Labute approximate surface area is 132 Å². The third-order valence-corrected chi connectivity index (χ3v) is 4.18. The number of hydrogen-bond acceptors (Lipinski definition) is 4. The van der Waals surface area contributed by atoms with Gasteiger partial charge in [-0.3, -0.25) is 4.79 Å². The van der Waals surface area contributed by atoms with Crippen molar-refractivity contribution in [3.63, 3.8) is 0 Å². The summed E-state index contributed by atoms with van der Waals surface area (Å²) in [5.74, 6) is -0.241. The van der Waals surface area contributed by atoms with Gasteiger partial charge in [-0.1, -0.05) is 72.0 Å². The fraction of sp³-hybridized carbons (Fsp3) is 0.0588. The van der Waals surface area contributed by atoms with Crippen LogP contribution >= 0.6 is 11.3 Å². The van der Waals surface area contributed by atoms with E-state index in [1.807, 2.05) is 60.7 Å². The van der Waals surface area contributed by atoms with Crippen molar-refractivity contribution < 1.29 is 4.79 Å². The number of carbonyl (C=O) groups excluding carboxylic acids is 1. The van der Waals surface area contributed by atoms with Crippen molar-refractivity contribution >= 4 is 22.2 Å². The van der Waals surface area contributed by atoms with Crippen LogP contribution in [-0.4, -0.2) is 10.9 Å². The highest BCUT2D eigenvalue weighted by Gasteiger charge is 2.16. The van der Waals surface area contributed by atoms with Gasteiger partial charge >= 0.3 is 0 Å². The maximum atomic E-state index is 12.2. The van der Waals surface area contributed by atoms with Crippen molar-refractivity contribution in [3.8, 4) is 10.6 Å². The molecule has 22 heavy (non-hydrogen) atoms. The Hall–Kier alpha value is -2.50. The van der Waals surface area contributed by atoms with Crippen LogP contribution in [0.25, 0.3) is 10.6 Å². The van der Waals surface area contributed by atoms with E-state index in [1.54, 1.807) is 6.20 Å². The van der Waals surface area contributed by atoms with Gasteiger partial charge in [0.2, 0.25) is 5.91 Å². The number of rotatable bonds is 4. The van der Waals surface area contributed by atoms with Gasteiger partial charge in [0.25, 0.3) is 0 Å². The third kappa shape index (κ3) is 3.21. The number of nitrogens with one attached hydrogen (secondary N) is 1. The summed E-state index contributed by atoms with van der Waals surface area (Å²) in [4.78, 5) is 16.5. The molecule has 0 unspecified atom stereocenters. The molecule has 2 aromatic carbocycles. The van der Waals surface area contributed by atoms with Crippen LogP contribution in [0.1, 0.15) is 11.6 Å². The first-order valence-corrected chi connectivity index (χ1v) is 7.68. The maximum Gasteiger partial charge on any atom is 0.246 e. The molecule has 3 aromatic rings. The van der Waals surface area contributed by atoms with Crippen molar-refractivity contribution in [3.05, 3.63) is 72.4 Å². The summed E-state index contributed by atoms with van der Waals surface area (Å²) >= 11 is 1.43. The van der Waals surface area contributed by atoms with Crippen molar-refractivity contribution in [2.45, 2.75) is 6.04 Å². The van der Waals surface area contributed by atoms with Crippen molar-refractivity contribution in [2.24, 2.45) is 5.73 Å². The van der Waals surface area contributed by atoms with Crippen LogP contribution in [0.4, 0.5) is 5.00 Å². The lowest BCUT2D eigenvalue weighted by atomic mass is 10.1. The van der Waals surface area contributed by atoms with Crippen LogP contribution in [0.15, 0.2) is 66.9 Å². The molecule has 0 aliphatic carbocycles. The summed E-state index contributed by atoms with van der Waals surface area (Å²) in [7, 11) is 0. The average molecular weight is 309 g/mol. The zero-order chi connectivity index (χ0) is 15.4. The van der Waals surface area contributed by atoms with Gasteiger partial charge in [0.15, 0.2) is 0 Å². The predicted octanol–water partition coefficient (Wildman–Crippen LogP) is 3.45. The maximum absolute atomic E-state index is 12.2. The molecule has 0 spiro atoms. The number of anilines is 1. The van der Waals surface area contributed by atoms with Gasteiger partial charge in [-0.15, -0.1) is 0 Å². The topological polar surface area (TPSA) is 68.0 Å². The van der Waals surface area contributed by atoms with Crippen LogP contribution in [0.2, 0.25) is 0 Å². The van der Waals surface area contributed by atoms with Crippen LogP contribution in [0.5, 0.6) is 0 Å². The van der Waals surface area contributed by atoms with Gasteiger partial charge in [-0.05, 0) is 5.56 Å². The summed E-state index contributed by atoms with van der Waals surface area (Å²) in [6.45, 7) is 0. The second kappa shape index (κ2) is 6.51. The zero-order valence-corrected chi connectivity index (χ0v) is 12.6. The molecule has 110 valence electrons. The van der Waals surface area contributed by atoms with Crippen molar-refractivity contribution in [1.82, 2.24) is 4.98 Å². The minimum atomic E-state index is -0.691. The SMILES string of the molecule is N[C@@H](C(=O)Nc1cnc(-c2ccccc2)s1)c1ccccc1. The Morgan fingerprint density at radius 3 is 2.36 bits per heavy atom. The Morgan fingerprint density at radius 1 is 1.05 bits per heavy atom. The highest BCUT2D eigenvalue weighted by molar-refractivity contribution is 7.19. The standard InChI is InChI=1S/C17H15N3OS/c18-15(12-7-3-1-4-8-12)16(21)20-14-11-19-17(22-14)13-9-5-2-6-10-13/h1-11,15H,18H2,(H,20,21)/t15-/m1/s1. The molecular formula is C17H15N3OS. The highest BCUT2D eigenvalue weighted by atomic mass is 32.1. The van der Waals surface area contributed by atoms with E-state index in [1.165, 1.54) is 11.3 Å². The number of nitrogens with two attached hydrogens (primary N) is 1. The smallest absolute Gasteiger partial charge is 0.246 e. The largest absolute Gasteiger partial charge is 0.316 e. The lowest BCUT2D eigenvalue weighted by molar-refractivity contribution is -0.117. The quantitative estimate of drug-likeness (QED) is 0.775. The van der Waals surface area contributed by atoms with E-state index in [0.29, 0.717) is 5.00 Å².